The molecule has 0 aliphatic heterocycles. The monoisotopic (exact) mass is 186 g/mol. The molecule has 0 aromatic heterocycles. The van der Waals surface area contributed by atoms with Crippen LogP contribution in [0.2, 0.25) is 0 Å². The first-order valence-electron chi connectivity index (χ1n) is 2.16. The summed E-state index contributed by atoms with van der Waals surface area (Å²) >= 11 is 8.97. The summed E-state index contributed by atoms with van der Waals surface area (Å²) in [6.45, 7) is -0.234. The fourth-order valence-corrected chi connectivity index (χ4v) is 0.387. The average Bonchev–Trinajstić information content (AvgIpc) is 1.63. The van der Waals surface area contributed by atoms with Crippen molar-refractivity contribution in [3.05, 3.63) is 0 Å². The molecule has 0 fully saturated rings. The van der Waals surface area contributed by atoms with Crippen LogP contribution in [0.15, 0.2) is 0 Å². The fraction of sp³-hybridized carbons (Fsp3) is 0.500. The van der Waals surface area contributed by atoms with Crippen LogP contribution in [0.25, 0.3) is 0 Å². The van der Waals surface area contributed by atoms with Gasteiger partial charge in [-0.15, -0.1) is 0 Å². The molecule has 0 saturated carbocycles. The zero-order valence-electron chi connectivity index (χ0n) is 5.79. The molecule has 0 rings (SSSR count). The van der Waals surface area contributed by atoms with Crippen LogP contribution in [-0.2, 0) is 17.4 Å². The molecule has 0 amide bonds. The zero-order chi connectivity index (χ0) is 7.44. The van der Waals surface area contributed by atoms with Crippen LogP contribution in [0.4, 0.5) is 0 Å². The standard InChI is InChI=1S/C4H7NO2S2.Na/c1-5(4(8)9)2-3(6)7;/h2H2,1H3,(H,6,7)(H,8,9);/q;+1/p-2. The van der Waals surface area contributed by atoms with E-state index in [2.05, 4.69) is 24.8 Å². The summed E-state index contributed by atoms with van der Waals surface area (Å²) < 4.78 is 0.138. The number of rotatable bonds is 2. The number of hydrogen-bond acceptors (Lipinski definition) is 4. The third-order valence-corrected chi connectivity index (χ3v) is 1.30. The normalized spacial score (nSPS) is 7.70. The smallest absolute Gasteiger partial charge is 0.548 e. The van der Waals surface area contributed by atoms with E-state index in [9.17, 15) is 9.90 Å². The summed E-state index contributed by atoms with van der Waals surface area (Å²) in [6.07, 6.45) is 0. The quantitative estimate of drug-likeness (QED) is 0.247. The Labute approximate surface area is 92.5 Å². The molecule has 0 aliphatic carbocycles. The minimum atomic E-state index is -1.18. The van der Waals surface area contributed by atoms with E-state index in [1.807, 2.05) is 0 Å². The van der Waals surface area contributed by atoms with Gasteiger partial charge in [0.1, 0.15) is 0 Å². The fourth-order valence-electron chi connectivity index (χ4n) is 0.258. The zero-order valence-corrected chi connectivity index (χ0v) is 9.42. The van der Waals surface area contributed by atoms with Gasteiger partial charge < -0.3 is 39.6 Å². The number of likely N-dealkylation sites (N-methyl/N-ethyl adjacent to an activating group) is 1. The van der Waals surface area contributed by atoms with Crippen molar-refractivity contribution in [3.8, 4) is 0 Å². The maximum Gasteiger partial charge on any atom is 1.00 e. The van der Waals surface area contributed by atoms with Crippen molar-refractivity contribution in [3.63, 3.8) is 0 Å². The van der Waals surface area contributed by atoms with Crippen LogP contribution in [0, 0.1) is 0 Å². The Morgan fingerprint density at radius 3 is 2.30 bits per heavy atom. The predicted molar refractivity (Wildman–Crippen MR) is 37.6 cm³/mol. The van der Waals surface area contributed by atoms with Crippen molar-refractivity contribution in [1.29, 1.82) is 0 Å². The second kappa shape index (κ2) is 6.30. The van der Waals surface area contributed by atoms with Gasteiger partial charge in [-0.2, -0.15) is 0 Å². The number of nitrogens with zero attached hydrogens (tertiary/aromatic N) is 1. The van der Waals surface area contributed by atoms with Gasteiger partial charge in [-0.25, -0.2) is 0 Å². The Hall–Kier alpha value is 0.580. The molecule has 52 valence electrons. The van der Waals surface area contributed by atoms with E-state index in [0.29, 0.717) is 0 Å². The molecule has 0 atom stereocenters. The van der Waals surface area contributed by atoms with Crippen molar-refractivity contribution >= 4 is 35.1 Å². The molecular weight excluding hydrogens is 181 g/mol. The molecule has 0 saturated heterocycles. The molecule has 0 heterocycles. The van der Waals surface area contributed by atoms with E-state index < -0.39 is 5.97 Å². The van der Waals surface area contributed by atoms with Gasteiger partial charge >= 0.3 is 29.6 Å². The summed E-state index contributed by atoms with van der Waals surface area (Å²) in [5.74, 6) is -1.18. The van der Waals surface area contributed by atoms with E-state index in [0.717, 1.165) is 0 Å². The number of carbonyl (C=O) groups excluding carboxylic acids is 1. The van der Waals surface area contributed by atoms with E-state index in [1.165, 1.54) is 11.9 Å². The number of carbonyl (C=O) groups is 1. The van der Waals surface area contributed by atoms with Crippen LogP contribution in [0.5, 0.6) is 0 Å². The molecular formula is C4H5NNaO2S2-. The minimum Gasteiger partial charge on any atom is -0.548 e. The SMILES string of the molecule is CN(CC(=O)[O-])C(=S)[S-].[Na+]. The van der Waals surface area contributed by atoms with Crippen LogP contribution in [-0.4, -0.2) is 28.8 Å². The molecule has 0 spiro atoms. The number of hydrogen-bond donors (Lipinski definition) is 0. The second-order valence-electron chi connectivity index (χ2n) is 1.49. The van der Waals surface area contributed by atoms with E-state index in [-0.39, 0.29) is 40.4 Å². The Morgan fingerprint density at radius 1 is 1.80 bits per heavy atom. The first-order chi connectivity index (χ1) is 4.04. The van der Waals surface area contributed by atoms with Gasteiger partial charge in [-0.1, -0.05) is 4.32 Å². The summed E-state index contributed by atoms with van der Waals surface area (Å²) in [5, 5.41) is 9.86. The molecule has 0 aliphatic rings. The van der Waals surface area contributed by atoms with Crippen LogP contribution >= 0.6 is 12.2 Å². The molecule has 3 nitrogen and oxygen atoms in total. The maximum absolute atomic E-state index is 9.86. The first kappa shape index (κ1) is 13.2. The summed E-state index contributed by atoms with van der Waals surface area (Å²) in [4.78, 5) is 11.1. The van der Waals surface area contributed by atoms with Crippen molar-refractivity contribution in [2.45, 2.75) is 0 Å². The third-order valence-electron chi connectivity index (χ3n) is 0.678. The molecule has 0 aromatic carbocycles. The van der Waals surface area contributed by atoms with Gasteiger partial charge in [0, 0.05) is 7.05 Å². The van der Waals surface area contributed by atoms with E-state index in [4.69, 9.17) is 0 Å². The summed E-state index contributed by atoms with van der Waals surface area (Å²) in [7, 11) is 1.51. The minimum absolute atomic E-state index is 0. The molecule has 0 radical (unpaired) electrons. The molecule has 0 bridgehead atoms. The summed E-state index contributed by atoms with van der Waals surface area (Å²) in [6, 6.07) is 0. The Kier molecular flexibility index (Phi) is 8.31. The first-order valence-corrected chi connectivity index (χ1v) is 2.97. The van der Waals surface area contributed by atoms with Crippen molar-refractivity contribution < 1.29 is 39.5 Å². The van der Waals surface area contributed by atoms with Gasteiger partial charge in [0.15, 0.2) is 0 Å². The Morgan fingerprint density at radius 2 is 2.20 bits per heavy atom. The molecule has 10 heavy (non-hydrogen) atoms. The van der Waals surface area contributed by atoms with Crippen molar-refractivity contribution in [2.24, 2.45) is 0 Å². The molecule has 6 heteroatoms. The molecule has 0 unspecified atom stereocenters. The molecule has 0 aromatic rings. The Bertz CT molecular complexity index is 141. The maximum atomic E-state index is 9.86. The van der Waals surface area contributed by atoms with Crippen molar-refractivity contribution in [2.75, 3.05) is 13.6 Å². The largest absolute Gasteiger partial charge is 1.00 e. The van der Waals surface area contributed by atoms with E-state index in [1.54, 1.807) is 0 Å². The van der Waals surface area contributed by atoms with E-state index >= 15 is 0 Å². The average molecular weight is 186 g/mol. The van der Waals surface area contributed by atoms with Gasteiger partial charge in [-0.3, -0.25) is 0 Å². The second-order valence-corrected chi connectivity index (χ2v) is 2.53. The Balaban J connectivity index is 0. The van der Waals surface area contributed by atoms with Crippen LogP contribution < -0.4 is 34.7 Å². The van der Waals surface area contributed by atoms with Gasteiger partial charge in [0.05, 0.1) is 12.5 Å². The van der Waals surface area contributed by atoms with Gasteiger partial charge in [0.2, 0.25) is 0 Å². The number of carboxylic acids is 1. The van der Waals surface area contributed by atoms with Crippen LogP contribution in [0.1, 0.15) is 0 Å². The summed E-state index contributed by atoms with van der Waals surface area (Å²) in [5.41, 5.74) is 0. The van der Waals surface area contributed by atoms with Crippen molar-refractivity contribution in [1.82, 2.24) is 4.90 Å². The number of carboxylic acid groups (broad SMARTS) is 1. The topological polar surface area (TPSA) is 43.4 Å². The van der Waals surface area contributed by atoms with Gasteiger partial charge in [0.25, 0.3) is 0 Å². The van der Waals surface area contributed by atoms with Crippen LogP contribution in [0.3, 0.4) is 0 Å². The van der Waals surface area contributed by atoms with Gasteiger partial charge in [-0.05, 0) is 0 Å². The predicted octanol–water partition coefficient (Wildman–Crippen LogP) is -4.50. The third kappa shape index (κ3) is 6.70. The number of aliphatic carboxylic acids is 1. The number of thiocarbonyl (C=S) groups is 1. The molecule has 0 N–H and O–H groups in total.